The van der Waals surface area contributed by atoms with E-state index in [2.05, 4.69) is 0 Å². The second-order valence-corrected chi connectivity index (χ2v) is 4.26. The number of carboxylic acid groups (broad SMARTS) is 1. The normalized spacial score (nSPS) is 31.2. The number of aliphatic hydroxyl groups is 1. The minimum Gasteiger partial charge on any atom is -0.481 e. The van der Waals surface area contributed by atoms with Gasteiger partial charge in [0.15, 0.2) is 0 Å². The van der Waals surface area contributed by atoms with E-state index in [4.69, 9.17) is 9.84 Å². The van der Waals surface area contributed by atoms with Gasteiger partial charge in [-0.2, -0.15) is 0 Å². The zero-order valence-corrected chi connectivity index (χ0v) is 9.55. The van der Waals surface area contributed by atoms with Crippen LogP contribution in [-0.2, 0) is 14.3 Å². The summed E-state index contributed by atoms with van der Waals surface area (Å²) in [7, 11) is 0. The fraction of sp³-hybridized carbons (Fsp3) is 0.818. The van der Waals surface area contributed by atoms with Crippen molar-refractivity contribution >= 4 is 11.9 Å². The summed E-state index contributed by atoms with van der Waals surface area (Å²) in [4.78, 5) is 22.2. The Balaban J connectivity index is 2.67. The number of carbonyl (C=O) groups excluding carboxylic acids is 1. The maximum atomic E-state index is 11.5. The Bertz CT molecular complexity index is 276. The molecule has 0 aliphatic carbocycles. The molecule has 1 aliphatic rings. The molecule has 1 unspecified atom stereocenters. The zero-order chi connectivity index (χ0) is 12.3. The monoisotopic (exact) mass is 230 g/mol. The van der Waals surface area contributed by atoms with Crippen molar-refractivity contribution in [3.05, 3.63) is 0 Å². The number of cyclic esters (lactones) is 1. The number of rotatable bonds is 5. The van der Waals surface area contributed by atoms with E-state index >= 15 is 0 Å². The molecule has 1 heterocycles. The third-order valence-electron chi connectivity index (χ3n) is 3.06. The van der Waals surface area contributed by atoms with Gasteiger partial charge in [0.2, 0.25) is 0 Å². The SMILES string of the molecule is CCCC[C@@H]1OC(=O)[C@H](C(C)C(=O)O)[C@@H]1O. The van der Waals surface area contributed by atoms with E-state index in [1.54, 1.807) is 0 Å². The van der Waals surface area contributed by atoms with Crippen molar-refractivity contribution in [2.24, 2.45) is 11.8 Å². The number of carboxylic acids is 1. The second-order valence-electron chi connectivity index (χ2n) is 4.26. The van der Waals surface area contributed by atoms with Gasteiger partial charge in [-0.3, -0.25) is 9.59 Å². The van der Waals surface area contributed by atoms with Crippen molar-refractivity contribution < 1.29 is 24.5 Å². The summed E-state index contributed by atoms with van der Waals surface area (Å²) in [5.41, 5.74) is 0. The van der Waals surface area contributed by atoms with E-state index in [0.29, 0.717) is 6.42 Å². The summed E-state index contributed by atoms with van der Waals surface area (Å²) in [6.07, 6.45) is 0.847. The highest BCUT2D eigenvalue weighted by Gasteiger charge is 2.47. The van der Waals surface area contributed by atoms with E-state index in [-0.39, 0.29) is 0 Å². The van der Waals surface area contributed by atoms with Crippen LogP contribution in [0.1, 0.15) is 33.1 Å². The first kappa shape index (κ1) is 13.0. The van der Waals surface area contributed by atoms with Gasteiger partial charge in [0.1, 0.15) is 12.2 Å². The highest BCUT2D eigenvalue weighted by Crippen LogP contribution is 2.31. The second kappa shape index (κ2) is 5.30. The molecule has 1 aliphatic heterocycles. The van der Waals surface area contributed by atoms with Crippen LogP contribution in [0.5, 0.6) is 0 Å². The summed E-state index contributed by atoms with van der Waals surface area (Å²) in [5, 5.41) is 18.7. The van der Waals surface area contributed by atoms with Crippen LogP contribution < -0.4 is 0 Å². The van der Waals surface area contributed by atoms with Gasteiger partial charge in [-0.05, 0) is 12.8 Å². The van der Waals surface area contributed by atoms with Crippen molar-refractivity contribution in [1.29, 1.82) is 0 Å². The Morgan fingerprint density at radius 3 is 2.69 bits per heavy atom. The fourth-order valence-electron chi connectivity index (χ4n) is 1.96. The molecule has 0 saturated carbocycles. The number of aliphatic carboxylic acids is 1. The molecule has 4 atom stereocenters. The van der Waals surface area contributed by atoms with Gasteiger partial charge < -0.3 is 14.9 Å². The molecular weight excluding hydrogens is 212 g/mol. The van der Waals surface area contributed by atoms with Crippen LogP contribution in [0.3, 0.4) is 0 Å². The summed E-state index contributed by atoms with van der Waals surface area (Å²) in [5.74, 6) is -3.52. The van der Waals surface area contributed by atoms with Crippen LogP contribution in [-0.4, -0.2) is 34.4 Å². The highest BCUT2D eigenvalue weighted by molar-refractivity contribution is 5.83. The average Bonchev–Trinajstić information content (AvgIpc) is 2.50. The lowest BCUT2D eigenvalue weighted by Gasteiger charge is -2.17. The minimum atomic E-state index is -1.09. The van der Waals surface area contributed by atoms with Gasteiger partial charge in [-0.15, -0.1) is 0 Å². The molecule has 1 saturated heterocycles. The standard InChI is InChI=1S/C11H18O5/c1-3-4-5-7-9(12)8(11(15)16-7)6(2)10(13)14/h6-9,12H,3-5H2,1-2H3,(H,13,14)/t6?,7-,8+,9+/m0/s1. The van der Waals surface area contributed by atoms with Crippen molar-refractivity contribution in [3.63, 3.8) is 0 Å². The molecule has 1 rings (SSSR count). The first-order chi connectivity index (χ1) is 7.49. The maximum Gasteiger partial charge on any atom is 0.312 e. The van der Waals surface area contributed by atoms with Crippen LogP contribution in [0.25, 0.3) is 0 Å². The quantitative estimate of drug-likeness (QED) is 0.682. The Hall–Kier alpha value is -1.10. The molecule has 92 valence electrons. The Kier molecular flexibility index (Phi) is 4.29. The molecule has 2 N–H and O–H groups in total. The molecular formula is C11H18O5. The summed E-state index contributed by atoms with van der Waals surface area (Å²) in [6, 6.07) is 0. The Morgan fingerprint density at radius 2 is 2.19 bits per heavy atom. The first-order valence-electron chi connectivity index (χ1n) is 5.60. The van der Waals surface area contributed by atoms with Crippen LogP contribution >= 0.6 is 0 Å². The molecule has 5 nitrogen and oxygen atoms in total. The average molecular weight is 230 g/mol. The van der Waals surface area contributed by atoms with E-state index in [0.717, 1.165) is 12.8 Å². The van der Waals surface area contributed by atoms with Gasteiger partial charge in [0, 0.05) is 0 Å². The van der Waals surface area contributed by atoms with Gasteiger partial charge in [-0.1, -0.05) is 20.3 Å². The number of aliphatic hydroxyl groups excluding tert-OH is 1. The molecule has 0 radical (unpaired) electrons. The molecule has 1 fully saturated rings. The van der Waals surface area contributed by atoms with Crippen LogP contribution in [0.15, 0.2) is 0 Å². The van der Waals surface area contributed by atoms with Crippen LogP contribution in [0.4, 0.5) is 0 Å². The van der Waals surface area contributed by atoms with Crippen LogP contribution in [0, 0.1) is 11.8 Å². The summed E-state index contributed by atoms with van der Waals surface area (Å²) in [6.45, 7) is 3.42. The lowest BCUT2D eigenvalue weighted by Crippen LogP contribution is -2.34. The number of carbonyl (C=O) groups is 2. The number of unbranched alkanes of at least 4 members (excludes halogenated alkanes) is 1. The highest BCUT2D eigenvalue weighted by atomic mass is 16.6. The van der Waals surface area contributed by atoms with Crippen molar-refractivity contribution in [1.82, 2.24) is 0 Å². The summed E-state index contributed by atoms with van der Waals surface area (Å²) >= 11 is 0. The molecule has 5 heteroatoms. The lowest BCUT2D eigenvalue weighted by atomic mass is 9.87. The Labute approximate surface area is 94.4 Å². The Morgan fingerprint density at radius 1 is 1.56 bits per heavy atom. The predicted octanol–water partition coefficient (Wildman–Crippen LogP) is 0.800. The summed E-state index contributed by atoms with van der Waals surface area (Å²) < 4.78 is 5.01. The van der Waals surface area contributed by atoms with Gasteiger partial charge >= 0.3 is 11.9 Å². The molecule has 0 amide bonds. The molecule has 0 bridgehead atoms. The van der Waals surface area contributed by atoms with Crippen LogP contribution in [0.2, 0.25) is 0 Å². The topological polar surface area (TPSA) is 83.8 Å². The van der Waals surface area contributed by atoms with E-state index in [1.807, 2.05) is 6.92 Å². The molecule has 0 aromatic carbocycles. The van der Waals surface area contributed by atoms with Crippen molar-refractivity contribution in [3.8, 4) is 0 Å². The number of hydrogen-bond donors (Lipinski definition) is 2. The predicted molar refractivity (Wildman–Crippen MR) is 55.7 cm³/mol. The van der Waals surface area contributed by atoms with E-state index < -0.39 is 36.0 Å². The largest absolute Gasteiger partial charge is 0.481 e. The molecule has 0 aromatic heterocycles. The van der Waals surface area contributed by atoms with Crippen molar-refractivity contribution in [2.45, 2.75) is 45.3 Å². The van der Waals surface area contributed by atoms with E-state index in [1.165, 1.54) is 6.92 Å². The third-order valence-corrected chi connectivity index (χ3v) is 3.06. The van der Waals surface area contributed by atoms with Gasteiger partial charge in [-0.25, -0.2) is 0 Å². The third kappa shape index (κ3) is 2.52. The first-order valence-corrected chi connectivity index (χ1v) is 5.60. The number of hydrogen-bond acceptors (Lipinski definition) is 4. The molecule has 0 aromatic rings. The van der Waals surface area contributed by atoms with Gasteiger partial charge in [0.05, 0.1) is 11.8 Å². The maximum absolute atomic E-state index is 11.5. The minimum absolute atomic E-state index is 0.542. The molecule has 0 spiro atoms. The number of ether oxygens (including phenoxy) is 1. The molecule has 16 heavy (non-hydrogen) atoms. The fourth-order valence-corrected chi connectivity index (χ4v) is 1.96. The van der Waals surface area contributed by atoms with E-state index in [9.17, 15) is 14.7 Å². The smallest absolute Gasteiger partial charge is 0.312 e. The van der Waals surface area contributed by atoms with Gasteiger partial charge in [0.25, 0.3) is 0 Å². The van der Waals surface area contributed by atoms with Crippen molar-refractivity contribution in [2.75, 3.05) is 0 Å². The zero-order valence-electron chi connectivity index (χ0n) is 9.55. The lowest BCUT2D eigenvalue weighted by molar-refractivity contribution is -0.152. The number of esters is 1.